The first kappa shape index (κ1) is 10.6. The quantitative estimate of drug-likeness (QED) is 0.685. The van der Waals surface area contributed by atoms with Gasteiger partial charge in [-0.05, 0) is 19.1 Å². The highest BCUT2D eigenvalue weighted by Crippen LogP contribution is 2.27. The molecule has 0 amide bonds. The van der Waals surface area contributed by atoms with Crippen LogP contribution in [0, 0.1) is 12.7 Å². The van der Waals surface area contributed by atoms with Crippen LogP contribution in [0.5, 0.6) is 0 Å². The van der Waals surface area contributed by atoms with Crippen molar-refractivity contribution in [1.29, 1.82) is 0 Å². The number of hydrogen-bond acceptors (Lipinski definition) is 4. The Morgan fingerprint density at radius 2 is 2.11 bits per heavy atom. The summed E-state index contributed by atoms with van der Waals surface area (Å²) in [5.41, 5.74) is 8.37. The van der Waals surface area contributed by atoms with Gasteiger partial charge >= 0.3 is 0 Å². The lowest BCUT2D eigenvalue weighted by Gasteiger charge is -2.05. The third-order valence-corrected chi connectivity index (χ3v) is 2.68. The summed E-state index contributed by atoms with van der Waals surface area (Å²) in [5, 5.41) is 0. The average Bonchev–Trinajstić information content (AvgIpc) is 2.79. The molecule has 0 unspecified atom stereocenters. The Balaban J connectivity index is 2.37. The molecule has 0 atom stereocenters. The second kappa shape index (κ2) is 3.76. The average molecular weight is 243 g/mol. The second-order valence-electron chi connectivity index (χ2n) is 4.01. The van der Waals surface area contributed by atoms with E-state index in [0.717, 1.165) is 5.56 Å². The molecule has 0 saturated heterocycles. The van der Waals surface area contributed by atoms with E-state index in [1.165, 1.54) is 12.4 Å². The zero-order valence-electron chi connectivity index (χ0n) is 9.61. The number of anilines is 1. The number of halogens is 1. The Kier molecular flexibility index (Phi) is 2.22. The minimum atomic E-state index is -0.352. The zero-order chi connectivity index (χ0) is 12.7. The summed E-state index contributed by atoms with van der Waals surface area (Å²) < 4.78 is 13.9. The molecule has 0 spiro atoms. The number of aromatic amines is 1. The molecule has 0 aliphatic rings. The number of benzene rings is 1. The molecule has 3 aromatic rings. The number of nitrogens with two attached hydrogens (primary N) is 1. The van der Waals surface area contributed by atoms with Crippen molar-refractivity contribution >= 4 is 17.1 Å². The van der Waals surface area contributed by atoms with E-state index in [2.05, 4.69) is 19.9 Å². The number of nitrogen functional groups attached to an aromatic ring is 1. The third-order valence-electron chi connectivity index (χ3n) is 2.68. The van der Waals surface area contributed by atoms with Gasteiger partial charge in [0.2, 0.25) is 5.95 Å². The number of fused-ring (bicyclic) bond motifs is 1. The molecule has 2 aromatic heterocycles. The van der Waals surface area contributed by atoms with E-state index in [0.29, 0.717) is 22.4 Å². The fourth-order valence-electron chi connectivity index (χ4n) is 1.87. The van der Waals surface area contributed by atoms with Gasteiger partial charge in [0.1, 0.15) is 17.0 Å². The van der Waals surface area contributed by atoms with Crippen molar-refractivity contribution in [2.75, 3.05) is 5.73 Å². The fraction of sp³-hybridized carbons (Fsp3) is 0.0833. The molecule has 2 heterocycles. The molecule has 3 N–H and O–H groups in total. The minimum Gasteiger partial charge on any atom is -0.368 e. The predicted octanol–water partition coefficient (Wildman–Crippen LogP) is 2.05. The topological polar surface area (TPSA) is 80.5 Å². The maximum Gasteiger partial charge on any atom is 0.222 e. The van der Waals surface area contributed by atoms with Crippen LogP contribution in [0.2, 0.25) is 0 Å². The highest BCUT2D eigenvalue weighted by atomic mass is 19.1. The van der Waals surface area contributed by atoms with Crippen LogP contribution in [0.1, 0.15) is 5.56 Å². The maximum atomic E-state index is 13.9. The minimum absolute atomic E-state index is 0.0745. The fourth-order valence-corrected chi connectivity index (χ4v) is 1.87. The van der Waals surface area contributed by atoms with Gasteiger partial charge in [0.05, 0.1) is 6.33 Å². The largest absolute Gasteiger partial charge is 0.368 e. The number of hydrogen-bond donors (Lipinski definition) is 2. The summed E-state index contributed by atoms with van der Waals surface area (Å²) in [6.07, 6.45) is 1.48. The summed E-state index contributed by atoms with van der Waals surface area (Å²) in [6.45, 7) is 1.89. The molecule has 0 bridgehead atoms. The van der Waals surface area contributed by atoms with Gasteiger partial charge in [-0.15, -0.1) is 0 Å². The van der Waals surface area contributed by atoms with E-state index in [4.69, 9.17) is 5.73 Å². The Hall–Kier alpha value is -2.50. The monoisotopic (exact) mass is 243 g/mol. The van der Waals surface area contributed by atoms with E-state index in [1.807, 2.05) is 6.92 Å². The molecular weight excluding hydrogens is 233 g/mol. The standard InChI is InChI=1S/C12H10FN5/c1-6-2-3-8(13)7(4-6)9-10-11(16-5-15-10)18-12(14)17-9/h2-5H,1H3,(H3,14,15,16,17,18). The van der Waals surface area contributed by atoms with E-state index in [1.54, 1.807) is 12.1 Å². The molecule has 6 heteroatoms. The molecule has 90 valence electrons. The van der Waals surface area contributed by atoms with Crippen LogP contribution in [-0.2, 0) is 0 Å². The smallest absolute Gasteiger partial charge is 0.222 e. The van der Waals surface area contributed by atoms with Crippen molar-refractivity contribution in [1.82, 2.24) is 19.9 Å². The summed E-state index contributed by atoms with van der Waals surface area (Å²) in [4.78, 5) is 15.0. The number of H-pyrrole nitrogens is 1. The van der Waals surface area contributed by atoms with Gasteiger partial charge < -0.3 is 10.7 Å². The van der Waals surface area contributed by atoms with Gasteiger partial charge in [0.15, 0.2) is 5.65 Å². The Bertz CT molecular complexity index is 734. The van der Waals surface area contributed by atoms with Crippen molar-refractivity contribution in [2.24, 2.45) is 0 Å². The van der Waals surface area contributed by atoms with Crippen molar-refractivity contribution < 1.29 is 4.39 Å². The van der Waals surface area contributed by atoms with Crippen molar-refractivity contribution in [3.8, 4) is 11.3 Å². The molecule has 0 aliphatic heterocycles. The lowest BCUT2D eigenvalue weighted by Crippen LogP contribution is -1.99. The third kappa shape index (κ3) is 1.58. The van der Waals surface area contributed by atoms with Gasteiger partial charge in [-0.2, -0.15) is 4.98 Å². The number of aryl methyl sites for hydroxylation is 1. The molecule has 0 saturated carbocycles. The van der Waals surface area contributed by atoms with Crippen LogP contribution in [0.4, 0.5) is 10.3 Å². The summed E-state index contributed by atoms with van der Waals surface area (Å²) in [7, 11) is 0. The highest BCUT2D eigenvalue weighted by molar-refractivity contribution is 5.88. The Morgan fingerprint density at radius 3 is 2.94 bits per heavy atom. The summed E-state index contributed by atoms with van der Waals surface area (Å²) in [5.74, 6) is -0.278. The van der Waals surface area contributed by atoms with Gasteiger partial charge in [-0.3, -0.25) is 0 Å². The first-order chi connectivity index (χ1) is 8.65. The van der Waals surface area contributed by atoms with Crippen LogP contribution in [0.15, 0.2) is 24.5 Å². The molecule has 0 radical (unpaired) electrons. The number of nitrogens with one attached hydrogen (secondary N) is 1. The van der Waals surface area contributed by atoms with Crippen molar-refractivity contribution in [3.63, 3.8) is 0 Å². The molecule has 18 heavy (non-hydrogen) atoms. The van der Waals surface area contributed by atoms with Gasteiger partial charge in [0, 0.05) is 5.56 Å². The second-order valence-corrected chi connectivity index (χ2v) is 4.01. The SMILES string of the molecule is Cc1ccc(F)c(-c2nc(N)nc3nc[nH]c23)c1. The van der Waals surface area contributed by atoms with Gasteiger partial charge in [-0.25, -0.2) is 14.4 Å². The number of aromatic nitrogens is 4. The molecule has 1 aromatic carbocycles. The lowest BCUT2D eigenvalue weighted by molar-refractivity contribution is 0.630. The van der Waals surface area contributed by atoms with E-state index < -0.39 is 0 Å². The predicted molar refractivity (Wildman–Crippen MR) is 66.2 cm³/mol. The molecule has 3 rings (SSSR count). The van der Waals surface area contributed by atoms with Crippen LogP contribution in [0.3, 0.4) is 0 Å². The zero-order valence-corrected chi connectivity index (χ0v) is 9.61. The molecule has 5 nitrogen and oxygen atoms in total. The van der Waals surface area contributed by atoms with Gasteiger partial charge in [0.25, 0.3) is 0 Å². The summed E-state index contributed by atoms with van der Waals surface area (Å²) in [6, 6.07) is 4.83. The maximum absolute atomic E-state index is 13.9. The normalized spacial score (nSPS) is 11.0. The van der Waals surface area contributed by atoms with E-state index in [-0.39, 0.29) is 11.8 Å². The number of imidazole rings is 1. The van der Waals surface area contributed by atoms with Crippen molar-refractivity contribution in [3.05, 3.63) is 35.9 Å². The van der Waals surface area contributed by atoms with Crippen LogP contribution in [-0.4, -0.2) is 19.9 Å². The van der Waals surface area contributed by atoms with E-state index in [9.17, 15) is 4.39 Å². The van der Waals surface area contributed by atoms with Crippen molar-refractivity contribution in [2.45, 2.75) is 6.92 Å². The molecule has 0 aliphatic carbocycles. The summed E-state index contributed by atoms with van der Waals surface area (Å²) >= 11 is 0. The molecular formula is C12H10FN5. The lowest BCUT2D eigenvalue weighted by atomic mass is 10.1. The number of nitrogens with zero attached hydrogens (tertiary/aromatic N) is 3. The highest BCUT2D eigenvalue weighted by Gasteiger charge is 2.14. The van der Waals surface area contributed by atoms with Crippen LogP contribution < -0.4 is 5.73 Å². The van der Waals surface area contributed by atoms with Gasteiger partial charge in [-0.1, -0.05) is 11.6 Å². The first-order valence-electron chi connectivity index (χ1n) is 5.38. The first-order valence-corrected chi connectivity index (χ1v) is 5.38. The number of rotatable bonds is 1. The molecule has 0 fully saturated rings. The van der Waals surface area contributed by atoms with Crippen LogP contribution >= 0.6 is 0 Å². The Morgan fingerprint density at radius 1 is 1.28 bits per heavy atom. The van der Waals surface area contributed by atoms with E-state index >= 15 is 0 Å². The van der Waals surface area contributed by atoms with Crippen LogP contribution in [0.25, 0.3) is 22.4 Å². The Labute approximate surface area is 102 Å².